The first-order valence-electron chi connectivity index (χ1n) is 7.27. The van der Waals surface area contributed by atoms with E-state index in [0.717, 1.165) is 6.54 Å². The molecule has 0 unspecified atom stereocenters. The minimum absolute atomic E-state index is 0.175. The molecule has 0 bridgehead atoms. The van der Waals surface area contributed by atoms with Gasteiger partial charge in [0, 0.05) is 38.3 Å². The van der Waals surface area contributed by atoms with Crippen molar-refractivity contribution in [1.29, 1.82) is 0 Å². The first-order valence-corrected chi connectivity index (χ1v) is 7.27. The second-order valence-corrected chi connectivity index (χ2v) is 5.91. The van der Waals surface area contributed by atoms with Crippen LogP contribution in [0.15, 0.2) is 0 Å². The van der Waals surface area contributed by atoms with Gasteiger partial charge in [0.2, 0.25) is 0 Å². The van der Waals surface area contributed by atoms with Gasteiger partial charge in [-0.1, -0.05) is 26.2 Å². The van der Waals surface area contributed by atoms with E-state index < -0.39 is 0 Å². The Hall–Kier alpha value is -0.120. The quantitative estimate of drug-likeness (QED) is 0.691. The summed E-state index contributed by atoms with van der Waals surface area (Å²) in [5, 5.41) is 0. The third-order valence-corrected chi connectivity index (χ3v) is 4.06. The fourth-order valence-electron chi connectivity index (χ4n) is 2.47. The lowest BCUT2D eigenvalue weighted by Crippen LogP contribution is -2.57. The van der Waals surface area contributed by atoms with Gasteiger partial charge in [-0.2, -0.15) is 0 Å². The molecule has 1 aliphatic rings. The minimum atomic E-state index is 0.175. The van der Waals surface area contributed by atoms with Crippen LogP contribution in [0.4, 0.5) is 0 Å². The average molecular weight is 241 g/mol. The molecule has 102 valence electrons. The maximum absolute atomic E-state index is 5.83. The van der Waals surface area contributed by atoms with Gasteiger partial charge in [-0.3, -0.25) is 4.90 Å². The number of hydrogen-bond acceptors (Lipinski definition) is 3. The summed E-state index contributed by atoms with van der Waals surface area (Å²) < 4.78 is 0. The number of nitrogens with zero attached hydrogens (tertiary/aromatic N) is 2. The molecule has 1 heterocycles. The van der Waals surface area contributed by atoms with E-state index in [0.29, 0.717) is 0 Å². The van der Waals surface area contributed by atoms with Crippen molar-refractivity contribution in [2.75, 3.05) is 39.3 Å². The van der Waals surface area contributed by atoms with E-state index in [-0.39, 0.29) is 5.54 Å². The Morgan fingerprint density at radius 3 is 2.18 bits per heavy atom. The SMILES string of the molecule is CCCCCCN1CCN(C(C)(C)CN)CC1. The van der Waals surface area contributed by atoms with Crippen LogP contribution in [0.1, 0.15) is 46.5 Å². The van der Waals surface area contributed by atoms with E-state index in [1.54, 1.807) is 0 Å². The molecule has 17 heavy (non-hydrogen) atoms. The van der Waals surface area contributed by atoms with Gasteiger partial charge in [0.1, 0.15) is 0 Å². The topological polar surface area (TPSA) is 32.5 Å². The molecule has 3 nitrogen and oxygen atoms in total. The van der Waals surface area contributed by atoms with Crippen LogP contribution in [0.3, 0.4) is 0 Å². The van der Waals surface area contributed by atoms with Crippen molar-refractivity contribution in [2.45, 2.75) is 52.0 Å². The maximum Gasteiger partial charge on any atom is 0.0276 e. The van der Waals surface area contributed by atoms with Crippen molar-refractivity contribution >= 4 is 0 Å². The van der Waals surface area contributed by atoms with Crippen molar-refractivity contribution in [3.05, 3.63) is 0 Å². The van der Waals surface area contributed by atoms with Crippen LogP contribution in [0.25, 0.3) is 0 Å². The lowest BCUT2D eigenvalue weighted by Gasteiger charge is -2.43. The lowest BCUT2D eigenvalue weighted by atomic mass is 10.0. The molecule has 0 aromatic carbocycles. The number of unbranched alkanes of at least 4 members (excludes halogenated alkanes) is 3. The second-order valence-electron chi connectivity index (χ2n) is 5.91. The summed E-state index contributed by atoms with van der Waals surface area (Å²) in [7, 11) is 0. The van der Waals surface area contributed by atoms with Crippen LogP contribution < -0.4 is 5.73 Å². The number of piperazine rings is 1. The highest BCUT2D eigenvalue weighted by molar-refractivity contribution is 4.86. The standard InChI is InChI=1S/C14H31N3/c1-4-5-6-7-8-16-9-11-17(12-10-16)14(2,3)13-15/h4-13,15H2,1-3H3. The molecule has 0 radical (unpaired) electrons. The summed E-state index contributed by atoms with van der Waals surface area (Å²) in [6.45, 7) is 13.6. The Balaban J connectivity index is 2.17. The van der Waals surface area contributed by atoms with Crippen molar-refractivity contribution in [3.63, 3.8) is 0 Å². The molecule has 1 rings (SSSR count). The van der Waals surface area contributed by atoms with E-state index in [2.05, 4.69) is 30.6 Å². The summed E-state index contributed by atoms with van der Waals surface area (Å²) in [6, 6.07) is 0. The van der Waals surface area contributed by atoms with Gasteiger partial charge in [0.25, 0.3) is 0 Å². The Bertz CT molecular complexity index is 196. The molecule has 1 aliphatic heterocycles. The van der Waals surface area contributed by atoms with Crippen molar-refractivity contribution < 1.29 is 0 Å². The van der Waals surface area contributed by atoms with Gasteiger partial charge in [-0.15, -0.1) is 0 Å². The highest BCUT2D eigenvalue weighted by Crippen LogP contribution is 2.15. The molecule has 0 aromatic rings. The number of nitrogens with two attached hydrogens (primary N) is 1. The fraction of sp³-hybridized carbons (Fsp3) is 1.00. The molecule has 0 aromatic heterocycles. The van der Waals surface area contributed by atoms with Gasteiger partial charge in [-0.05, 0) is 26.8 Å². The molecule has 0 spiro atoms. The van der Waals surface area contributed by atoms with Gasteiger partial charge in [0.05, 0.1) is 0 Å². The lowest BCUT2D eigenvalue weighted by molar-refractivity contribution is 0.0562. The predicted octanol–water partition coefficient (Wildman–Crippen LogP) is 1.92. The van der Waals surface area contributed by atoms with Crippen molar-refractivity contribution in [1.82, 2.24) is 9.80 Å². The zero-order chi connectivity index (χ0) is 12.7. The molecular formula is C14H31N3. The summed E-state index contributed by atoms with van der Waals surface area (Å²) in [4.78, 5) is 5.15. The zero-order valence-electron chi connectivity index (χ0n) is 12.0. The Kier molecular flexibility index (Phi) is 6.45. The van der Waals surface area contributed by atoms with E-state index >= 15 is 0 Å². The summed E-state index contributed by atoms with van der Waals surface area (Å²) >= 11 is 0. The maximum atomic E-state index is 5.83. The zero-order valence-corrected chi connectivity index (χ0v) is 12.0. The van der Waals surface area contributed by atoms with Crippen LogP contribution in [0.2, 0.25) is 0 Å². The normalized spacial score (nSPS) is 19.8. The Morgan fingerprint density at radius 2 is 1.65 bits per heavy atom. The van der Waals surface area contributed by atoms with E-state index in [9.17, 15) is 0 Å². The third kappa shape index (κ3) is 4.94. The van der Waals surface area contributed by atoms with Gasteiger partial charge >= 0.3 is 0 Å². The fourth-order valence-corrected chi connectivity index (χ4v) is 2.47. The Labute approximate surface area is 107 Å². The summed E-state index contributed by atoms with van der Waals surface area (Å²) in [5.74, 6) is 0. The molecular weight excluding hydrogens is 210 g/mol. The molecule has 1 saturated heterocycles. The molecule has 0 aliphatic carbocycles. The third-order valence-electron chi connectivity index (χ3n) is 4.06. The van der Waals surface area contributed by atoms with Gasteiger partial charge < -0.3 is 10.6 Å². The summed E-state index contributed by atoms with van der Waals surface area (Å²) in [6.07, 6.45) is 5.48. The molecule has 0 saturated carbocycles. The van der Waals surface area contributed by atoms with E-state index in [4.69, 9.17) is 5.73 Å². The molecule has 0 atom stereocenters. The largest absolute Gasteiger partial charge is 0.329 e. The monoisotopic (exact) mass is 241 g/mol. The highest BCUT2D eigenvalue weighted by Gasteiger charge is 2.28. The van der Waals surface area contributed by atoms with Crippen molar-refractivity contribution in [3.8, 4) is 0 Å². The minimum Gasteiger partial charge on any atom is -0.329 e. The molecule has 2 N–H and O–H groups in total. The second kappa shape index (κ2) is 7.34. The molecule has 3 heteroatoms. The van der Waals surface area contributed by atoms with Crippen LogP contribution in [-0.2, 0) is 0 Å². The molecule has 0 amide bonds. The first kappa shape index (κ1) is 14.9. The predicted molar refractivity (Wildman–Crippen MR) is 75.3 cm³/mol. The Morgan fingerprint density at radius 1 is 1.00 bits per heavy atom. The summed E-state index contributed by atoms with van der Waals surface area (Å²) in [5.41, 5.74) is 6.00. The van der Waals surface area contributed by atoms with E-state index in [1.165, 1.54) is 58.4 Å². The van der Waals surface area contributed by atoms with Crippen LogP contribution in [0.5, 0.6) is 0 Å². The van der Waals surface area contributed by atoms with Crippen LogP contribution in [-0.4, -0.2) is 54.6 Å². The van der Waals surface area contributed by atoms with Crippen molar-refractivity contribution in [2.24, 2.45) is 5.73 Å². The average Bonchev–Trinajstić information content (AvgIpc) is 2.35. The van der Waals surface area contributed by atoms with Crippen LogP contribution in [0, 0.1) is 0 Å². The van der Waals surface area contributed by atoms with Gasteiger partial charge in [-0.25, -0.2) is 0 Å². The first-order chi connectivity index (χ1) is 8.10. The molecule has 1 fully saturated rings. The number of rotatable bonds is 7. The van der Waals surface area contributed by atoms with Gasteiger partial charge in [0.15, 0.2) is 0 Å². The van der Waals surface area contributed by atoms with E-state index in [1.807, 2.05) is 0 Å². The highest BCUT2D eigenvalue weighted by atomic mass is 15.3. The smallest absolute Gasteiger partial charge is 0.0276 e. The van der Waals surface area contributed by atoms with Crippen LogP contribution >= 0.6 is 0 Å². The number of hydrogen-bond donors (Lipinski definition) is 1.